The van der Waals surface area contributed by atoms with Gasteiger partial charge in [-0.2, -0.15) is 0 Å². The van der Waals surface area contributed by atoms with Gasteiger partial charge in [0, 0.05) is 28.1 Å². The summed E-state index contributed by atoms with van der Waals surface area (Å²) in [5.41, 5.74) is 1.20. The molecule has 0 saturated heterocycles. The lowest BCUT2D eigenvalue weighted by Gasteiger charge is -2.31. The van der Waals surface area contributed by atoms with Crippen molar-refractivity contribution in [2.45, 2.75) is 6.10 Å². The molecule has 0 bridgehead atoms. The number of halogens is 3. The summed E-state index contributed by atoms with van der Waals surface area (Å²) in [4.78, 5) is 1.60. The molecule has 3 rings (SSSR count). The minimum atomic E-state index is -1.18. The maximum absolute atomic E-state index is 14.2. The molecule has 5 nitrogen and oxygen atoms in total. The molecule has 0 aromatic heterocycles. The number of fused-ring (bicyclic) bond motifs is 1. The molecule has 0 radical (unpaired) electrons. The number of rotatable bonds is 5. The van der Waals surface area contributed by atoms with Crippen molar-refractivity contribution in [3.05, 3.63) is 63.1 Å². The van der Waals surface area contributed by atoms with Crippen molar-refractivity contribution >= 4 is 39.7 Å². The predicted molar refractivity (Wildman–Crippen MR) is 103 cm³/mol. The van der Waals surface area contributed by atoms with Gasteiger partial charge in [0.25, 0.3) is 0 Å². The third kappa shape index (κ3) is 3.76. The lowest BCUT2D eigenvalue weighted by atomic mass is 9.99. The van der Waals surface area contributed by atoms with Crippen LogP contribution in [0.2, 0.25) is 0 Å². The third-order valence-electron chi connectivity index (χ3n) is 3.93. The topological polar surface area (TPSA) is 65.0 Å². The van der Waals surface area contributed by atoms with Gasteiger partial charge in [0.1, 0.15) is 30.1 Å². The van der Waals surface area contributed by atoms with Gasteiger partial charge in [-0.1, -0.05) is 0 Å². The second kappa shape index (κ2) is 7.77. The highest BCUT2D eigenvalue weighted by molar-refractivity contribution is 14.1. The second-order valence-corrected chi connectivity index (χ2v) is 7.00. The predicted octanol–water partition coefficient (Wildman–Crippen LogP) is 3.65. The van der Waals surface area contributed by atoms with Crippen LogP contribution in [0.5, 0.6) is 0 Å². The molecule has 8 heteroatoms. The van der Waals surface area contributed by atoms with Crippen LogP contribution >= 0.6 is 22.6 Å². The van der Waals surface area contributed by atoms with E-state index in [4.69, 9.17) is 9.84 Å². The Kier molecular flexibility index (Phi) is 5.64. The Bertz CT molecular complexity index is 861. The van der Waals surface area contributed by atoms with Crippen molar-refractivity contribution in [1.82, 2.24) is 0 Å². The minimum absolute atomic E-state index is 0.0156. The van der Waals surface area contributed by atoms with Gasteiger partial charge < -0.3 is 25.2 Å². The van der Waals surface area contributed by atoms with Crippen LogP contribution in [-0.2, 0) is 4.74 Å². The molecule has 2 aromatic rings. The molecule has 1 atom stereocenters. The first-order chi connectivity index (χ1) is 12.4. The molecule has 3 N–H and O–H groups in total. The molecule has 0 aliphatic carbocycles. The van der Waals surface area contributed by atoms with Gasteiger partial charge in [0.15, 0.2) is 0 Å². The number of aliphatic hydroxyl groups is 2. The lowest BCUT2D eigenvalue weighted by molar-refractivity contribution is 0.0782. The Labute approximate surface area is 163 Å². The Morgan fingerprint density at radius 2 is 2.00 bits per heavy atom. The summed E-state index contributed by atoms with van der Waals surface area (Å²) in [5.74, 6) is -0.794. The van der Waals surface area contributed by atoms with E-state index in [1.807, 2.05) is 22.6 Å². The number of nitrogens with one attached hydrogen (secondary N) is 1. The van der Waals surface area contributed by atoms with Crippen LogP contribution in [-0.4, -0.2) is 30.5 Å². The highest BCUT2D eigenvalue weighted by Crippen LogP contribution is 2.42. The van der Waals surface area contributed by atoms with E-state index >= 15 is 0 Å². The molecule has 1 aliphatic rings. The van der Waals surface area contributed by atoms with Crippen molar-refractivity contribution in [3.8, 4) is 0 Å². The highest BCUT2D eigenvalue weighted by atomic mass is 127. The molecule has 0 amide bonds. The van der Waals surface area contributed by atoms with E-state index in [1.165, 1.54) is 24.4 Å². The maximum Gasteiger partial charge on any atom is 0.147 e. The second-order valence-electron chi connectivity index (χ2n) is 5.75. The number of anilines is 3. The van der Waals surface area contributed by atoms with Gasteiger partial charge in [0.05, 0.1) is 18.0 Å². The van der Waals surface area contributed by atoms with Crippen LogP contribution < -0.4 is 10.2 Å². The SMILES string of the molecule is CN1C=C(OCCO)C(O)c2c(Nc3ccc(I)cc3F)cc(F)cc21. The number of aliphatic hydroxyl groups excluding tert-OH is 2. The summed E-state index contributed by atoms with van der Waals surface area (Å²) in [6, 6.07) is 7.10. The van der Waals surface area contributed by atoms with Crippen molar-refractivity contribution in [2.24, 2.45) is 0 Å². The van der Waals surface area contributed by atoms with Crippen LogP contribution in [0.3, 0.4) is 0 Å². The normalized spacial score (nSPS) is 16.2. The number of ether oxygens (including phenoxy) is 1. The summed E-state index contributed by atoms with van der Waals surface area (Å²) in [7, 11) is 1.68. The zero-order valence-electron chi connectivity index (χ0n) is 13.8. The first-order valence-electron chi connectivity index (χ1n) is 7.82. The molecular weight excluding hydrogens is 457 g/mol. The smallest absolute Gasteiger partial charge is 0.147 e. The van der Waals surface area contributed by atoms with Crippen molar-refractivity contribution in [3.63, 3.8) is 0 Å². The maximum atomic E-state index is 14.2. The monoisotopic (exact) mass is 474 g/mol. The van der Waals surface area contributed by atoms with Gasteiger partial charge in [-0.15, -0.1) is 0 Å². The summed E-state index contributed by atoms with van der Waals surface area (Å²) >= 11 is 2.00. The Hall–Kier alpha value is -1.91. The minimum Gasteiger partial charge on any atom is -0.491 e. The average Bonchev–Trinajstić information content (AvgIpc) is 2.59. The molecular formula is C18H17F2IN2O3. The van der Waals surface area contributed by atoms with Gasteiger partial charge in [-0.3, -0.25) is 0 Å². The summed E-state index contributed by atoms with van der Waals surface area (Å²) in [6.07, 6.45) is 0.347. The van der Waals surface area contributed by atoms with E-state index in [1.54, 1.807) is 24.1 Å². The Balaban J connectivity index is 2.03. The fourth-order valence-electron chi connectivity index (χ4n) is 2.78. The van der Waals surface area contributed by atoms with Crippen LogP contribution in [0.15, 0.2) is 42.3 Å². The third-order valence-corrected chi connectivity index (χ3v) is 4.60. The largest absolute Gasteiger partial charge is 0.491 e. The van der Waals surface area contributed by atoms with E-state index in [9.17, 15) is 13.9 Å². The molecule has 138 valence electrons. The zero-order valence-corrected chi connectivity index (χ0v) is 16.0. The molecule has 26 heavy (non-hydrogen) atoms. The van der Waals surface area contributed by atoms with E-state index in [0.717, 1.165) is 3.57 Å². The van der Waals surface area contributed by atoms with E-state index in [-0.39, 0.29) is 30.3 Å². The number of hydrogen-bond donors (Lipinski definition) is 3. The first-order valence-corrected chi connectivity index (χ1v) is 8.90. The number of hydrogen-bond acceptors (Lipinski definition) is 5. The highest BCUT2D eigenvalue weighted by Gasteiger charge is 2.29. The van der Waals surface area contributed by atoms with Crippen LogP contribution in [0.25, 0.3) is 0 Å². The standard InChI is InChI=1S/C18H17F2IN2O3/c1-23-9-16(26-5-4-24)18(25)17-14(6-10(19)7-15(17)23)22-13-3-2-11(21)8-12(13)20/h2-3,6-9,18,22,24-25H,4-5H2,1H3. The van der Waals surface area contributed by atoms with Gasteiger partial charge >= 0.3 is 0 Å². The van der Waals surface area contributed by atoms with Crippen LogP contribution in [0.1, 0.15) is 11.7 Å². The molecule has 1 heterocycles. The zero-order chi connectivity index (χ0) is 18.8. The summed E-state index contributed by atoms with van der Waals surface area (Å²) in [5, 5.41) is 22.5. The molecule has 1 unspecified atom stereocenters. The van der Waals surface area contributed by atoms with Crippen molar-refractivity contribution in [1.29, 1.82) is 0 Å². The van der Waals surface area contributed by atoms with Gasteiger partial charge in [-0.05, 0) is 52.9 Å². The quantitative estimate of drug-likeness (QED) is 0.578. The number of nitrogens with zero attached hydrogens (tertiary/aromatic N) is 1. The fraction of sp³-hybridized carbons (Fsp3) is 0.222. The molecule has 0 saturated carbocycles. The molecule has 2 aromatic carbocycles. The Morgan fingerprint density at radius 3 is 2.69 bits per heavy atom. The molecule has 0 fully saturated rings. The molecule has 0 spiro atoms. The van der Waals surface area contributed by atoms with Crippen molar-refractivity contribution in [2.75, 3.05) is 30.5 Å². The van der Waals surface area contributed by atoms with E-state index < -0.39 is 17.7 Å². The van der Waals surface area contributed by atoms with Gasteiger partial charge in [0.2, 0.25) is 0 Å². The summed E-state index contributed by atoms with van der Waals surface area (Å²) in [6.45, 7) is -0.190. The van der Waals surface area contributed by atoms with E-state index in [2.05, 4.69) is 5.32 Å². The molecule has 1 aliphatic heterocycles. The first kappa shape index (κ1) is 18.9. The van der Waals surface area contributed by atoms with E-state index in [0.29, 0.717) is 11.3 Å². The lowest BCUT2D eigenvalue weighted by Crippen LogP contribution is -2.23. The fourth-order valence-corrected chi connectivity index (χ4v) is 3.23. The van der Waals surface area contributed by atoms with Crippen LogP contribution in [0.4, 0.5) is 25.8 Å². The Morgan fingerprint density at radius 1 is 1.23 bits per heavy atom. The van der Waals surface area contributed by atoms with Crippen molar-refractivity contribution < 1.29 is 23.7 Å². The average molecular weight is 474 g/mol. The summed E-state index contributed by atoms with van der Waals surface area (Å²) < 4.78 is 34.4. The number of benzene rings is 2. The van der Waals surface area contributed by atoms with Crippen LogP contribution in [0, 0.1) is 15.2 Å². The van der Waals surface area contributed by atoms with Gasteiger partial charge in [-0.25, -0.2) is 8.78 Å².